The van der Waals surface area contributed by atoms with Crippen molar-refractivity contribution in [2.24, 2.45) is 7.05 Å². The van der Waals surface area contributed by atoms with Gasteiger partial charge in [-0.1, -0.05) is 12.1 Å². The molecule has 4 rings (SSSR count). The van der Waals surface area contributed by atoms with Crippen LogP contribution in [0.3, 0.4) is 0 Å². The maximum Gasteiger partial charge on any atom is 0.416 e. The highest BCUT2D eigenvalue weighted by molar-refractivity contribution is 5.79. The fourth-order valence-electron chi connectivity index (χ4n) is 3.51. The van der Waals surface area contributed by atoms with E-state index in [4.69, 9.17) is 5.26 Å². The third-order valence-electron chi connectivity index (χ3n) is 5.07. The molecule has 0 spiro atoms. The summed E-state index contributed by atoms with van der Waals surface area (Å²) < 4.78 is 40.4. The lowest BCUT2D eigenvalue weighted by Crippen LogP contribution is -2.36. The summed E-state index contributed by atoms with van der Waals surface area (Å²) in [7, 11) is 1.77. The standard InChI is InChI=1S/C21H17F3N6O/c1-29-10-8-16(28-29)19-15-7-11-30(18(31)6-9-25)12-17(15)26-20(27-19)13-2-4-14(5-3-13)21(22,23)24/h2-5,8,10H,6-7,11-12H2,1H3. The Bertz CT molecular complexity index is 1180. The van der Waals surface area contributed by atoms with E-state index in [1.165, 1.54) is 12.1 Å². The van der Waals surface area contributed by atoms with Crippen LogP contribution < -0.4 is 0 Å². The van der Waals surface area contributed by atoms with Gasteiger partial charge in [0.1, 0.15) is 12.1 Å². The van der Waals surface area contributed by atoms with Gasteiger partial charge in [0.05, 0.1) is 29.6 Å². The molecule has 0 N–H and O–H groups in total. The van der Waals surface area contributed by atoms with Gasteiger partial charge in [-0.25, -0.2) is 9.97 Å². The summed E-state index contributed by atoms with van der Waals surface area (Å²) in [6.45, 7) is 0.627. The van der Waals surface area contributed by atoms with Crippen LogP contribution in [0.4, 0.5) is 13.2 Å². The van der Waals surface area contributed by atoms with Crippen LogP contribution in [0, 0.1) is 11.3 Å². The van der Waals surface area contributed by atoms with Gasteiger partial charge in [0.25, 0.3) is 0 Å². The predicted octanol–water partition coefficient (Wildman–Crippen LogP) is 3.36. The number of halogens is 3. The highest BCUT2D eigenvalue weighted by atomic mass is 19.4. The molecule has 1 aromatic carbocycles. The van der Waals surface area contributed by atoms with Gasteiger partial charge in [0, 0.05) is 30.9 Å². The average Bonchev–Trinajstić information content (AvgIpc) is 3.18. The molecule has 31 heavy (non-hydrogen) atoms. The van der Waals surface area contributed by atoms with E-state index in [1.54, 1.807) is 28.9 Å². The Morgan fingerprint density at radius 1 is 1.19 bits per heavy atom. The molecule has 7 nitrogen and oxygen atoms in total. The molecule has 0 atom stereocenters. The minimum absolute atomic E-state index is 0.200. The molecule has 0 saturated heterocycles. The van der Waals surface area contributed by atoms with Crippen LogP contribution in [0.2, 0.25) is 0 Å². The zero-order valence-corrected chi connectivity index (χ0v) is 16.5. The van der Waals surface area contributed by atoms with Gasteiger partial charge in [0.2, 0.25) is 5.91 Å². The van der Waals surface area contributed by atoms with Gasteiger partial charge in [-0.15, -0.1) is 0 Å². The van der Waals surface area contributed by atoms with Crippen molar-refractivity contribution in [1.82, 2.24) is 24.6 Å². The highest BCUT2D eigenvalue weighted by Crippen LogP contribution is 2.33. The summed E-state index contributed by atoms with van der Waals surface area (Å²) in [5.41, 5.74) is 2.32. The summed E-state index contributed by atoms with van der Waals surface area (Å²) in [5.74, 6) is -0.0371. The van der Waals surface area contributed by atoms with Gasteiger partial charge < -0.3 is 4.90 Å². The molecule has 0 aliphatic carbocycles. The second-order valence-electron chi connectivity index (χ2n) is 7.17. The summed E-state index contributed by atoms with van der Waals surface area (Å²) in [5, 5.41) is 13.2. The number of fused-ring (bicyclic) bond motifs is 1. The molecule has 0 radical (unpaired) electrons. The van der Waals surface area contributed by atoms with Crippen LogP contribution in [0.1, 0.15) is 23.2 Å². The van der Waals surface area contributed by atoms with E-state index >= 15 is 0 Å². The van der Waals surface area contributed by atoms with E-state index in [0.717, 1.165) is 17.7 Å². The van der Waals surface area contributed by atoms with E-state index in [9.17, 15) is 18.0 Å². The van der Waals surface area contributed by atoms with Crippen LogP contribution in [0.5, 0.6) is 0 Å². The van der Waals surface area contributed by atoms with Gasteiger partial charge in [-0.05, 0) is 24.6 Å². The largest absolute Gasteiger partial charge is 0.416 e. The first-order valence-electron chi connectivity index (χ1n) is 9.48. The fraction of sp³-hybridized carbons (Fsp3) is 0.286. The van der Waals surface area contributed by atoms with Crippen molar-refractivity contribution in [3.05, 3.63) is 53.3 Å². The summed E-state index contributed by atoms with van der Waals surface area (Å²) in [6, 6.07) is 8.28. The second-order valence-corrected chi connectivity index (χ2v) is 7.17. The number of benzene rings is 1. The maximum absolute atomic E-state index is 12.9. The first kappa shape index (κ1) is 20.5. The van der Waals surface area contributed by atoms with Crippen LogP contribution in [0.15, 0.2) is 36.5 Å². The van der Waals surface area contributed by atoms with Crippen LogP contribution in [-0.2, 0) is 31.0 Å². The van der Waals surface area contributed by atoms with Gasteiger partial charge in [-0.3, -0.25) is 9.48 Å². The highest BCUT2D eigenvalue weighted by Gasteiger charge is 2.30. The van der Waals surface area contributed by atoms with Crippen molar-refractivity contribution < 1.29 is 18.0 Å². The molecule has 0 bridgehead atoms. The van der Waals surface area contributed by atoms with Crippen LogP contribution >= 0.6 is 0 Å². The van der Waals surface area contributed by atoms with E-state index in [2.05, 4.69) is 15.1 Å². The van der Waals surface area contributed by atoms with E-state index < -0.39 is 11.7 Å². The molecule has 2 aromatic heterocycles. The number of aromatic nitrogens is 4. The molecule has 0 unspecified atom stereocenters. The Labute approximate surface area is 175 Å². The van der Waals surface area contributed by atoms with Crippen molar-refractivity contribution in [2.45, 2.75) is 25.6 Å². The van der Waals surface area contributed by atoms with Crippen LogP contribution in [0.25, 0.3) is 22.8 Å². The molecule has 3 heterocycles. The Kier molecular flexibility index (Phi) is 5.19. The Hall–Kier alpha value is -3.74. The number of amides is 1. The van der Waals surface area contributed by atoms with Crippen LogP contribution in [-0.4, -0.2) is 37.1 Å². The molecule has 158 valence electrons. The Morgan fingerprint density at radius 2 is 1.94 bits per heavy atom. The monoisotopic (exact) mass is 426 g/mol. The lowest BCUT2D eigenvalue weighted by atomic mass is 10.00. The predicted molar refractivity (Wildman–Crippen MR) is 104 cm³/mol. The third-order valence-corrected chi connectivity index (χ3v) is 5.07. The zero-order valence-electron chi connectivity index (χ0n) is 16.5. The molecule has 1 aliphatic rings. The molecule has 1 amide bonds. The SMILES string of the molecule is Cn1ccc(-c2nc(-c3ccc(C(F)(F)F)cc3)nc3c2CCN(C(=O)CC#N)C3)n1. The quantitative estimate of drug-likeness (QED) is 0.641. The van der Waals surface area contributed by atoms with Gasteiger partial charge in [-0.2, -0.15) is 23.5 Å². The first-order valence-corrected chi connectivity index (χ1v) is 9.48. The summed E-state index contributed by atoms with van der Waals surface area (Å²) in [6.07, 6.45) is -2.39. The Balaban J connectivity index is 1.79. The molecule has 3 aromatic rings. The number of nitrogens with zero attached hydrogens (tertiary/aromatic N) is 6. The van der Waals surface area contributed by atoms with Crippen molar-refractivity contribution in [1.29, 1.82) is 5.26 Å². The fourth-order valence-corrected chi connectivity index (χ4v) is 3.51. The molecule has 10 heteroatoms. The number of hydrogen-bond donors (Lipinski definition) is 0. The maximum atomic E-state index is 12.9. The minimum Gasteiger partial charge on any atom is -0.336 e. The number of hydrogen-bond acceptors (Lipinski definition) is 5. The lowest BCUT2D eigenvalue weighted by molar-refractivity contribution is -0.137. The molecular weight excluding hydrogens is 409 g/mol. The molecule has 0 saturated carbocycles. The number of nitriles is 1. The zero-order chi connectivity index (χ0) is 22.2. The van der Waals surface area contributed by atoms with Crippen molar-refractivity contribution in [2.75, 3.05) is 6.54 Å². The first-order chi connectivity index (χ1) is 14.8. The van der Waals surface area contributed by atoms with E-state index in [1.807, 2.05) is 6.07 Å². The van der Waals surface area contributed by atoms with E-state index in [0.29, 0.717) is 35.6 Å². The third kappa shape index (κ3) is 4.12. The van der Waals surface area contributed by atoms with E-state index in [-0.39, 0.29) is 24.7 Å². The number of carbonyl (C=O) groups is 1. The number of aryl methyl sites for hydroxylation is 1. The Morgan fingerprint density at radius 3 is 2.55 bits per heavy atom. The summed E-state index contributed by atoms with van der Waals surface area (Å²) >= 11 is 0. The van der Waals surface area contributed by atoms with Gasteiger partial charge >= 0.3 is 6.18 Å². The normalized spacial score (nSPS) is 13.6. The lowest BCUT2D eigenvalue weighted by Gasteiger charge is -2.28. The summed E-state index contributed by atoms with van der Waals surface area (Å²) in [4.78, 5) is 22.9. The molecular formula is C21H17F3N6O. The molecule has 1 aliphatic heterocycles. The topological polar surface area (TPSA) is 87.7 Å². The van der Waals surface area contributed by atoms with Crippen molar-refractivity contribution in [3.63, 3.8) is 0 Å². The average molecular weight is 426 g/mol. The molecule has 0 fully saturated rings. The number of carbonyl (C=O) groups excluding carboxylic acids is 1. The second kappa shape index (κ2) is 7.83. The number of alkyl halides is 3. The van der Waals surface area contributed by atoms with Crippen molar-refractivity contribution in [3.8, 4) is 28.8 Å². The van der Waals surface area contributed by atoms with Crippen molar-refractivity contribution >= 4 is 5.91 Å². The smallest absolute Gasteiger partial charge is 0.336 e. The van der Waals surface area contributed by atoms with Gasteiger partial charge in [0.15, 0.2) is 5.82 Å². The minimum atomic E-state index is -4.43. The number of rotatable bonds is 3.